The highest BCUT2D eigenvalue weighted by molar-refractivity contribution is 7.12. The van der Waals surface area contributed by atoms with Crippen LogP contribution in [0, 0.1) is 18.8 Å². The first-order valence-electron chi connectivity index (χ1n) is 8.01. The summed E-state index contributed by atoms with van der Waals surface area (Å²) in [5.41, 5.74) is 0. The van der Waals surface area contributed by atoms with Crippen molar-refractivity contribution in [1.29, 1.82) is 0 Å². The van der Waals surface area contributed by atoms with Crippen molar-refractivity contribution in [2.45, 2.75) is 66.2 Å². The molecule has 1 aromatic heterocycles. The fourth-order valence-corrected chi connectivity index (χ4v) is 4.19. The molecule has 0 spiro atoms. The van der Waals surface area contributed by atoms with E-state index in [9.17, 15) is 4.79 Å². The Balaban J connectivity index is 2.37. The molecule has 1 fully saturated rings. The number of amides is 1. The van der Waals surface area contributed by atoms with E-state index in [0.29, 0.717) is 17.9 Å². The highest BCUT2D eigenvalue weighted by Gasteiger charge is 2.44. The zero-order valence-electron chi connectivity index (χ0n) is 14.0. The number of nitrogens with zero attached hydrogens (tertiary/aromatic N) is 1. The van der Waals surface area contributed by atoms with Crippen molar-refractivity contribution in [3.63, 3.8) is 0 Å². The Kier molecular flexibility index (Phi) is 5.10. The van der Waals surface area contributed by atoms with Gasteiger partial charge >= 0.3 is 0 Å². The molecule has 21 heavy (non-hydrogen) atoms. The number of hydrogen-bond acceptors (Lipinski definition) is 3. The summed E-state index contributed by atoms with van der Waals surface area (Å²) >= 11 is 1.79. The van der Waals surface area contributed by atoms with Crippen molar-refractivity contribution >= 4 is 17.2 Å². The number of nitrogens with one attached hydrogen (secondary N) is 1. The average Bonchev–Trinajstić information content (AvgIpc) is 2.95. The molecular formula is C17H28N2OS. The monoisotopic (exact) mass is 308 g/mol. The summed E-state index contributed by atoms with van der Waals surface area (Å²) < 4.78 is 0. The van der Waals surface area contributed by atoms with Crippen LogP contribution in [0.15, 0.2) is 12.1 Å². The summed E-state index contributed by atoms with van der Waals surface area (Å²) in [4.78, 5) is 17.6. The molecule has 1 aliphatic rings. The molecule has 0 radical (unpaired) electrons. The van der Waals surface area contributed by atoms with Crippen LogP contribution in [0.2, 0.25) is 0 Å². The van der Waals surface area contributed by atoms with Gasteiger partial charge in [0.1, 0.15) is 6.17 Å². The molecule has 0 bridgehead atoms. The molecule has 0 aliphatic carbocycles. The second kappa shape index (κ2) is 6.49. The van der Waals surface area contributed by atoms with Crippen LogP contribution in [-0.2, 0) is 4.79 Å². The van der Waals surface area contributed by atoms with E-state index in [4.69, 9.17) is 0 Å². The molecule has 0 aromatic carbocycles. The van der Waals surface area contributed by atoms with Crippen LogP contribution in [0.25, 0.3) is 0 Å². The van der Waals surface area contributed by atoms with E-state index in [1.54, 1.807) is 11.3 Å². The van der Waals surface area contributed by atoms with Gasteiger partial charge in [-0.05, 0) is 37.3 Å². The molecule has 3 atom stereocenters. The number of carbonyl (C=O) groups is 1. The SMILES string of the molecule is CCC(C(C)C)N1C(=O)C(C(C)C)NC1c1ccc(C)s1. The van der Waals surface area contributed by atoms with Crippen molar-refractivity contribution in [1.82, 2.24) is 10.2 Å². The summed E-state index contributed by atoms with van der Waals surface area (Å²) in [5, 5.41) is 3.58. The van der Waals surface area contributed by atoms with Gasteiger partial charge in [-0.1, -0.05) is 34.6 Å². The highest BCUT2D eigenvalue weighted by atomic mass is 32.1. The van der Waals surface area contributed by atoms with Gasteiger partial charge in [-0.3, -0.25) is 10.1 Å². The fraction of sp³-hybridized carbons (Fsp3) is 0.706. The van der Waals surface area contributed by atoms with Gasteiger partial charge in [0, 0.05) is 15.8 Å². The molecule has 3 unspecified atom stereocenters. The quantitative estimate of drug-likeness (QED) is 0.893. The molecule has 2 heterocycles. The van der Waals surface area contributed by atoms with Crippen LogP contribution < -0.4 is 5.32 Å². The zero-order valence-corrected chi connectivity index (χ0v) is 14.8. The van der Waals surface area contributed by atoms with Crippen molar-refractivity contribution in [3.05, 3.63) is 21.9 Å². The van der Waals surface area contributed by atoms with Crippen molar-refractivity contribution < 1.29 is 4.79 Å². The van der Waals surface area contributed by atoms with Gasteiger partial charge in [-0.15, -0.1) is 11.3 Å². The second-order valence-corrected chi connectivity index (χ2v) is 8.02. The second-order valence-electron chi connectivity index (χ2n) is 6.70. The molecule has 0 saturated carbocycles. The van der Waals surface area contributed by atoms with E-state index < -0.39 is 0 Å². The lowest BCUT2D eigenvalue weighted by atomic mass is 9.98. The average molecular weight is 308 g/mol. The molecule has 2 rings (SSSR count). The first-order chi connectivity index (χ1) is 9.86. The minimum Gasteiger partial charge on any atom is -0.317 e. The lowest BCUT2D eigenvalue weighted by Gasteiger charge is -2.34. The molecule has 4 heteroatoms. The summed E-state index contributed by atoms with van der Waals surface area (Å²) in [6.45, 7) is 13.0. The molecule has 1 amide bonds. The number of hydrogen-bond donors (Lipinski definition) is 1. The highest BCUT2D eigenvalue weighted by Crippen LogP contribution is 2.35. The minimum atomic E-state index is -0.0646. The first kappa shape index (κ1) is 16.5. The number of rotatable bonds is 5. The van der Waals surface area contributed by atoms with E-state index in [-0.39, 0.29) is 18.1 Å². The molecule has 1 N–H and O–H groups in total. The van der Waals surface area contributed by atoms with Gasteiger partial charge in [0.2, 0.25) is 5.91 Å². The Bertz CT molecular complexity index is 495. The van der Waals surface area contributed by atoms with E-state index in [2.05, 4.69) is 63.9 Å². The maximum atomic E-state index is 12.9. The fourth-order valence-electron chi connectivity index (χ4n) is 3.25. The van der Waals surface area contributed by atoms with Crippen LogP contribution in [0.1, 0.15) is 57.0 Å². The molecule has 118 valence electrons. The van der Waals surface area contributed by atoms with Gasteiger partial charge in [0.25, 0.3) is 0 Å². The van der Waals surface area contributed by atoms with Crippen molar-refractivity contribution in [3.8, 4) is 0 Å². The van der Waals surface area contributed by atoms with Crippen molar-refractivity contribution in [2.75, 3.05) is 0 Å². The van der Waals surface area contributed by atoms with Crippen LogP contribution in [-0.4, -0.2) is 22.9 Å². The Hall–Kier alpha value is -0.870. The molecule has 1 aliphatic heterocycles. The standard InChI is InChI=1S/C17H28N2OS/c1-7-13(10(2)3)19-16(14-9-8-12(6)21-14)18-15(11(4)5)17(19)20/h8-11,13,15-16,18H,7H2,1-6H3. The Labute approximate surface area is 132 Å². The van der Waals surface area contributed by atoms with Gasteiger partial charge in [-0.25, -0.2) is 0 Å². The third-order valence-electron chi connectivity index (χ3n) is 4.38. The molecule has 3 nitrogen and oxygen atoms in total. The Morgan fingerprint density at radius 2 is 1.95 bits per heavy atom. The molecule has 1 aromatic rings. The largest absolute Gasteiger partial charge is 0.317 e. The van der Waals surface area contributed by atoms with Crippen molar-refractivity contribution in [2.24, 2.45) is 11.8 Å². The van der Waals surface area contributed by atoms with Crippen LogP contribution >= 0.6 is 11.3 Å². The number of carbonyl (C=O) groups excluding carboxylic acids is 1. The third kappa shape index (κ3) is 3.16. The summed E-state index contributed by atoms with van der Waals surface area (Å²) in [7, 11) is 0. The van der Waals surface area contributed by atoms with E-state index in [1.807, 2.05) is 0 Å². The predicted molar refractivity (Wildman–Crippen MR) is 89.3 cm³/mol. The lowest BCUT2D eigenvalue weighted by molar-refractivity contribution is -0.134. The Morgan fingerprint density at radius 3 is 2.38 bits per heavy atom. The van der Waals surface area contributed by atoms with Gasteiger partial charge in [-0.2, -0.15) is 0 Å². The van der Waals surface area contributed by atoms with Gasteiger partial charge < -0.3 is 4.90 Å². The van der Waals surface area contributed by atoms with E-state index >= 15 is 0 Å². The van der Waals surface area contributed by atoms with Crippen LogP contribution in [0.4, 0.5) is 0 Å². The van der Waals surface area contributed by atoms with Crippen LogP contribution in [0.3, 0.4) is 0 Å². The van der Waals surface area contributed by atoms with Crippen LogP contribution in [0.5, 0.6) is 0 Å². The molecule has 1 saturated heterocycles. The summed E-state index contributed by atoms with van der Waals surface area (Å²) in [6.07, 6.45) is 1.03. The number of thiophene rings is 1. The molecular weight excluding hydrogens is 280 g/mol. The normalized spacial score (nSPS) is 24.4. The van der Waals surface area contributed by atoms with Gasteiger partial charge in [0.05, 0.1) is 6.04 Å². The topological polar surface area (TPSA) is 32.3 Å². The lowest BCUT2D eigenvalue weighted by Crippen LogP contribution is -2.43. The summed E-state index contributed by atoms with van der Waals surface area (Å²) in [5.74, 6) is 1.05. The predicted octanol–water partition coefficient (Wildman–Crippen LogP) is 3.95. The van der Waals surface area contributed by atoms with E-state index in [0.717, 1.165) is 6.42 Å². The summed E-state index contributed by atoms with van der Waals surface area (Å²) in [6, 6.07) is 4.53. The number of aryl methyl sites for hydroxylation is 1. The smallest absolute Gasteiger partial charge is 0.241 e. The maximum absolute atomic E-state index is 12.9. The first-order valence-corrected chi connectivity index (χ1v) is 8.83. The maximum Gasteiger partial charge on any atom is 0.241 e. The zero-order chi connectivity index (χ0) is 15.7. The van der Waals surface area contributed by atoms with Gasteiger partial charge in [0.15, 0.2) is 0 Å². The Morgan fingerprint density at radius 1 is 1.29 bits per heavy atom. The third-order valence-corrected chi connectivity index (χ3v) is 5.43. The van der Waals surface area contributed by atoms with E-state index in [1.165, 1.54) is 9.75 Å². The minimum absolute atomic E-state index is 0.0379.